The fourth-order valence-corrected chi connectivity index (χ4v) is 3.12. The van der Waals surface area contributed by atoms with E-state index < -0.39 is 21.9 Å². The van der Waals surface area contributed by atoms with Crippen LogP contribution in [-0.2, 0) is 10.0 Å². The highest BCUT2D eigenvalue weighted by molar-refractivity contribution is 7.89. The minimum atomic E-state index is -3.87. The molecule has 1 aromatic carbocycles. The predicted molar refractivity (Wildman–Crippen MR) is 73.1 cm³/mol. The SMILES string of the molecule is CCC(NS(=O)(=O)c1ccc(F)c(C#N)c1)c1ncc[nH]1. The molecule has 2 rings (SSSR count). The molecule has 0 saturated heterocycles. The Bertz CT molecular complexity index is 766. The molecule has 2 N–H and O–H groups in total. The van der Waals surface area contributed by atoms with Crippen LogP contribution < -0.4 is 4.72 Å². The first-order valence-electron chi connectivity index (χ1n) is 6.19. The zero-order valence-electron chi connectivity index (χ0n) is 11.2. The van der Waals surface area contributed by atoms with E-state index in [0.717, 1.165) is 18.2 Å². The number of halogens is 1. The van der Waals surface area contributed by atoms with Gasteiger partial charge in [0.25, 0.3) is 0 Å². The number of benzene rings is 1. The molecule has 0 spiro atoms. The van der Waals surface area contributed by atoms with E-state index in [9.17, 15) is 12.8 Å². The lowest BCUT2D eigenvalue weighted by Gasteiger charge is -2.15. The number of H-pyrrole nitrogens is 1. The van der Waals surface area contributed by atoms with Crippen LogP contribution >= 0.6 is 0 Å². The predicted octanol–water partition coefficient (Wildman–Crippen LogP) is 1.85. The van der Waals surface area contributed by atoms with Gasteiger partial charge in [0.15, 0.2) is 0 Å². The molecule has 0 radical (unpaired) electrons. The monoisotopic (exact) mass is 308 g/mol. The molecule has 1 heterocycles. The molecular weight excluding hydrogens is 295 g/mol. The van der Waals surface area contributed by atoms with Crippen molar-refractivity contribution >= 4 is 10.0 Å². The summed E-state index contributed by atoms with van der Waals surface area (Å²) in [6, 6.07) is 4.17. The van der Waals surface area contributed by atoms with Crippen LogP contribution in [0.3, 0.4) is 0 Å². The lowest BCUT2D eigenvalue weighted by molar-refractivity contribution is 0.539. The lowest BCUT2D eigenvalue weighted by Crippen LogP contribution is -2.29. The molecule has 0 bridgehead atoms. The van der Waals surface area contributed by atoms with Crippen LogP contribution in [0.5, 0.6) is 0 Å². The highest BCUT2D eigenvalue weighted by Crippen LogP contribution is 2.19. The maximum atomic E-state index is 13.3. The van der Waals surface area contributed by atoms with Crippen molar-refractivity contribution in [3.8, 4) is 6.07 Å². The van der Waals surface area contributed by atoms with E-state index in [0.29, 0.717) is 12.2 Å². The first-order chi connectivity index (χ1) is 9.97. The Kier molecular flexibility index (Phi) is 4.35. The fourth-order valence-electron chi connectivity index (χ4n) is 1.81. The molecule has 0 aliphatic carbocycles. The summed E-state index contributed by atoms with van der Waals surface area (Å²) in [6.07, 6.45) is 3.61. The second kappa shape index (κ2) is 6.03. The van der Waals surface area contributed by atoms with E-state index in [1.807, 2.05) is 0 Å². The molecule has 0 saturated carbocycles. The van der Waals surface area contributed by atoms with Crippen molar-refractivity contribution in [3.63, 3.8) is 0 Å². The summed E-state index contributed by atoms with van der Waals surface area (Å²) in [5.74, 6) is -0.266. The minimum absolute atomic E-state index is 0.162. The summed E-state index contributed by atoms with van der Waals surface area (Å²) >= 11 is 0. The number of rotatable bonds is 5. The first-order valence-corrected chi connectivity index (χ1v) is 7.67. The van der Waals surface area contributed by atoms with E-state index in [4.69, 9.17) is 5.26 Å². The average molecular weight is 308 g/mol. The maximum Gasteiger partial charge on any atom is 0.241 e. The summed E-state index contributed by atoms with van der Waals surface area (Å²) in [7, 11) is -3.87. The Hall–Kier alpha value is -2.24. The molecule has 110 valence electrons. The van der Waals surface area contributed by atoms with Crippen molar-refractivity contribution in [1.29, 1.82) is 5.26 Å². The van der Waals surface area contributed by atoms with Crippen LogP contribution in [0.4, 0.5) is 4.39 Å². The highest BCUT2D eigenvalue weighted by Gasteiger charge is 2.22. The fraction of sp³-hybridized carbons (Fsp3) is 0.231. The molecule has 8 heteroatoms. The van der Waals surface area contributed by atoms with Crippen LogP contribution in [0.25, 0.3) is 0 Å². The summed E-state index contributed by atoms with van der Waals surface area (Å²) in [4.78, 5) is 6.70. The number of sulfonamides is 1. The van der Waals surface area contributed by atoms with Crippen molar-refractivity contribution in [3.05, 3.63) is 47.8 Å². The number of nitriles is 1. The van der Waals surface area contributed by atoms with Gasteiger partial charge in [-0.15, -0.1) is 0 Å². The number of imidazole rings is 1. The third kappa shape index (κ3) is 3.26. The molecule has 2 aromatic rings. The van der Waals surface area contributed by atoms with Gasteiger partial charge in [0, 0.05) is 12.4 Å². The van der Waals surface area contributed by atoms with Crippen molar-refractivity contribution in [2.75, 3.05) is 0 Å². The largest absolute Gasteiger partial charge is 0.347 e. The van der Waals surface area contributed by atoms with E-state index in [2.05, 4.69) is 14.7 Å². The number of hydrogen-bond acceptors (Lipinski definition) is 4. The van der Waals surface area contributed by atoms with Crippen molar-refractivity contribution < 1.29 is 12.8 Å². The van der Waals surface area contributed by atoms with Gasteiger partial charge in [0.05, 0.1) is 16.5 Å². The Labute approximate surface area is 121 Å². The molecule has 1 aromatic heterocycles. The second-order valence-corrected chi connectivity index (χ2v) is 6.02. The van der Waals surface area contributed by atoms with Crippen LogP contribution in [0.15, 0.2) is 35.5 Å². The van der Waals surface area contributed by atoms with Gasteiger partial charge in [0.1, 0.15) is 17.7 Å². The first kappa shape index (κ1) is 15.2. The van der Waals surface area contributed by atoms with Gasteiger partial charge in [-0.3, -0.25) is 0 Å². The van der Waals surface area contributed by atoms with Gasteiger partial charge in [-0.25, -0.2) is 22.5 Å². The third-order valence-electron chi connectivity index (χ3n) is 2.92. The smallest absolute Gasteiger partial charge is 0.241 e. The average Bonchev–Trinajstić information content (AvgIpc) is 2.99. The normalized spacial score (nSPS) is 12.8. The molecule has 0 aliphatic rings. The Morgan fingerprint density at radius 1 is 1.52 bits per heavy atom. The van der Waals surface area contributed by atoms with Crippen LogP contribution in [0.1, 0.15) is 30.8 Å². The number of nitrogens with one attached hydrogen (secondary N) is 2. The van der Waals surface area contributed by atoms with Crippen molar-refractivity contribution in [2.24, 2.45) is 0 Å². The topological polar surface area (TPSA) is 98.6 Å². The molecule has 6 nitrogen and oxygen atoms in total. The van der Waals surface area contributed by atoms with Gasteiger partial charge in [-0.05, 0) is 24.6 Å². The van der Waals surface area contributed by atoms with Crippen LogP contribution in [0.2, 0.25) is 0 Å². The van der Waals surface area contributed by atoms with Gasteiger partial charge in [0.2, 0.25) is 10.0 Å². The van der Waals surface area contributed by atoms with Gasteiger partial charge < -0.3 is 4.98 Å². The summed E-state index contributed by atoms with van der Waals surface area (Å²) in [6.45, 7) is 1.81. The van der Waals surface area contributed by atoms with Crippen molar-refractivity contribution in [2.45, 2.75) is 24.3 Å². The Balaban J connectivity index is 2.32. The molecule has 21 heavy (non-hydrogen) atoms. The number of aromatic amines is 1. The number of aromatic nitrogens is 2. The zero-order valence-corrected chi connectivity index (χ0v) is 12.0. The lowest BCUT2D eigenvalue weighted by atomic mass is 10.2. The summed E-state index contributed by atoms with van der Waals surface area (Å²) in [5, 5.41) is 8.77. The Morgan fingerprint density at radius 2 is 2.29 bits per heavy atom. The highest BCUT2D eigenvalue weighted by atomic mass is 32.2. The van der Waals surface area contributed by atoms with Crippen LogP contribution in [0, 0.1) is 17.1 Å². The van der Waals surface area contributed by atoms with Crippen molar-refractivity contribution in [1.82, 2.24) is 14.7 Å². The molecular formula is C13H13FN4O2S. The van der Waals surface area contributed by atoms with E-state index in [1.54, 1.807) is 19.2 Å². The van der Waals surface area contributed by atoms with Gasteiger partial charge >= 0.3 is 0 Å². The second-order valence-electron chi connectivity index (χ2n) is 4.31. The standard InChI is InChI=1S/C13H13FN4O2S/c1-2-12(13-16-5-6-17-13)18-21(19,20)10-3-4-11(14)9(7-10)8-15/h3-7,12,18H,2H2,1H3,(H,16,17). The quantitative estimate of drug-likeness (QED) is 0.880. The summed E-state index contributed by atoms with van der Waals surface area (Å²) < 4.78 is 40.3. The summed E-state index contributed by atoms with van der Waals surface area (Å²) in [5.41, 5.74) is -0.316. The van der Waals surface area contributed by atoms with E-state index in [1.165, 1.54) is 6.20 Å². The maximum absolute atomic E-state index is 13.3. The number of hydrogen-bond donors (Lipinski definition) is 2. The molecule has 1 unspecified atom stereocenters. The minimum Gasteiger partial charge on any atom is -0.347 e. The third-order valence-corrected chi connectivity index (χ3v) is 4.39. The zero-order chi connectivity index (χ0) is 15.5. The van der Waals surface area contributed by atoms with E-state index >= 15 is 0 Å². The number of nitrogens with zero attached hydrogens (tertiary/aromatic N) is 2. The molecule has 1 atom stereocenters. The Morgan fingerprint density at radius 3 is 2.86 bits per heavy atom. The molecule has 0 amide bonds. The molecule has 0 aliphatic heterocycles. The van der Waals surface area contributed by atoms with Crippen LogP contribution in [-0.4, -0.2) is 18.4 Å². The van der Waals surface area contributed by atoms with Gasteiger partial charge in [-0.1, -0.05) is 6.92 Å². The van der Waals surface area contributed by atoms with Gasteiger partial charge in [-0.2, -0.15) is 5.26 Å². The molecule has 0 fully saturated rings. The van der Waals surface area contributed by atoms with E-state index in [-0.39, 0.29) is 10.5 Å².